The minimum Gasteiger partial charge on any atom is -0.327 e. The molecule has 1 amide bonds. The molecule has 0 bridgehead atoms. The highest BCUT2D eigenvalue weighted by molar-refractivity contribution is 7.13. The lowest BCUT2D eigenvalue weighted by atomic mass is 10.1. The van der Waals surface area contributed by atoms with Crippen molar-refractivity contribution in [2.75, 3.05) is 5.32 Å². The summed E-state index contributed by atoms with van der Waals surface area (Å²) in [6.07, 6.45) is 5.26. The van der Waals surface area contributed by atoms with Crippen molar-refractivity contribution < 1.29 is 4.79 Å². The number of hydrogen-bond acceptors (Lipinski definition) is 4. The molecule has 0 aromatic carbocycles. The number of aromatic nitrogens is 1. The van der Waals surface area contributed by atoms with Crippen molar-refractivity contribution in [2.24, 2.45) is 11.7 Å². The highest BCUT2D eigenvalue weighted by Gasteiger charge is 2.30. The number of carbonyl (C=O) groups is 1. The number of amides is 1. The minimum absolute atomic E-state index is 0.00102. The van der Waals surface area contributed by atoms with Gasteiger partial charge in [-0.15, -0.1) is 11.3 Å². The second kappa shape index (κ2) is 4.38. The lowest BCUT2D eigenvalue weighted by Gasteiger charge is -2.08. The molecule has 0 radical (unpaired) electrons. The van der Waals surface area contributed by atoms with Crippen LogP contribution >= 0.6 is 11.3 Å². The van der Waals surface area contributed by atoms with Crippen molar-refractivity contribution in [3.8, 4) is 0 Å². The van der Waals surface area contributed by atoms with Gasteiger partial charge in [0.25, 0.3) is 0 Å². The maximum absolute atomic E-state index is 11.7. The van der Waals surface area contributed by atoms with Crippen molar-refractivity contribution in [3.05, 3.63) is 11.1 Å². The topological polar surface area (TPSA) is 68.0 Å². The van der Waals surface area contributed by atoms with Gasteiger partial charge in [0.05, 0.1) is 5.69 Å². The third-order valence-corrected chi connectivity index (χ3v) is 4.19. The van der Waals surface area contributed by atoms with Crippen LogP contribution in [0.2, 0.25) is 0 Å². The first-order valence-electron chi connectivity index (χ1n) is 6.23. The monoisotopic (exact) mass is 251 g/mol. The predicted octanol–water partition coefficient (Wildman–Crippen LogP) is 2.09. The summed E-state index contributed by atoms with van der Waals surface area (Å²) in [5.74, 6) is 1.21. The van der Waals surface area contributed by atoms with Crippen LogP contribution in [-0.2, 0) is 4.79 Å². The Morgan fingerprint density at radius 1 is 1.53 bits per heavy atom. The Morgan fingerprint density at radius 3 is 2.94 bits per heavy atom. The van der Waals surface area contributed by atoms with E-state index in [2.05, 4.69) is 10.3 Å². The zero-order valence-corrected chi connectivity index (χ0v) is 10.5. The molecular formula is C12H17N3OS. The van der Waals surface area contributed by atoms with Crippen LogP contribution in [0.3, 0.4) is 0 Å². The maximum Gasteiger partial charge on any atom is 0.227 e. The Kier molecular flexibility index (Phi) is 2.88. The first kappa shape index (κ1) is 11.2. The Hall–Kier alpha value is -0.940. The largest absolute Gasteiger partial charge is 0.327 e. The van der Waals surface area contributed by atoms with E-state index in [1.165, 1.54) is 37.0 Å². The molecule has 1 aromatic heterocycles. The molecule has 1 aromatic rings. The fourth-order valence-electron chi connectivity index (χ4n) is 1.99. The van der Waals surface area contributed by atoms with E-state index in [0.717, 1.165) is 10.8 Å². The summed E-state index contributed by atoms with van der Waals surface area (Å²) in [5.41, 5.74) is 7.06. The zero-order chi connectivity index (χ0) is 11.8. The number of carbonyl (C=O) groups excluding carboxylic acids is 1. The fourth-order valence-corrected chi connectivity index (χ4v) is 2.79. The Morgan fingerprint density at radius 2 is 2.29 bits per heavy atom. The number of anilines is 1. The van der Waals surface area contributed by atoms with Gasteiger partial charge in [-0.1, -0.05) is 0 Å². The van der Waals surface area contributed by atoms with E-state index in [4.69, 9.17) is 5.73 Å². The van der Waals surface area contributed by atoms with Gasteiger partial charge in [0.2, 0.25) is 5.91 Å². The molecule has 3 N–H and O–H groups in total. The average molecular weight is 251 g/mol. The first-order valence-corrected chi connectivity index (χ1v) is 7.11. The summed E-state index contributed by atoms with van der Waals surface area (Å²) in [7, 11) is 0. The van der Waals surface area contributed by atoms with Gasteiger partial charge in [-0.25, -0.2) is 4.98 Å². The average Bonchev–Trinajstić information content (AvgIpc) is 3.18. The maximum atomic E-state index is 11.7. The van der Waals surface area contributed by atoms with Crippen LogP contribution in [0.25, 0.3) is 0 Å². The van der Waals surface area contributed by atoms with E-state index < -0.39 is 0 Å². The highest BCUT2D eigenvalue weighted by atomic mass is 32.1. The summed E-state index contributed by atoms with van der Waals surface area (Å²) in [6, 6.07) is 0.0258. The molecule has 0 aliphatic heterocycles. The van der Waals surface area contributed by atoms with Gasteiger partial charge in [-0.2, -0.15) is 0 Å². The highest BCUT2D eigenvalue weighted by Crippen LogP contribution is 2.41. The number of nitrogens with two attached hydrogens (primary N) is 1. The quantitative estimate of drug-likeness (QED) is 0.842. The van der Waals surface area contributed by atoms with Gasteiger partial charge in [-0.3, -0.25) is 4.79 Å². The van der Waals surface area contributed by atoms with Crippen molar-refractivity contribution in [3.63, 3.8) is 0 Å². The minimum atomic E-state index is 0.00102. The van der Waals surface area contributed by atoms with Gasteiger partial charge in [0.15, 0.2) is 5.13 Å². The van der Waals surface area contributed by atoms with Crippen LogP contribution in [-0.4, -0.2) is 16.9 Å². The molecule has 17 heavy (non-hydrogen) atoms. The van der Waals surface area contributed by atoms with Gasteiger partial charge >= 0.3 is 0 Å². The fraction of sp³-hybridized carbons (Fsp3) is 0.667. The van der Waals surface area contributed by atoms with Gasteiger partial charge in [0, 0.05) is 23.8 Å². The molecule has 4 nitrogen and oxygen atoms in total. The van der Waals surface area contributed by atoms with Crippen LogP contribution in [0.5, 0.6) is 0 Å². The number of rotatable bonds is 5. The molecule has 1 unspecified atom stereocenters. The summed E-state index contributed by atoms with van der Waals surface area (Å²) in [6.45, 7) is 0. The predicted molar refractivity (Wildman–Crippen MR) is 68.0 cm³/mol. The lowest BCUT2D eigenvalue weighted by Crippen LogP contribution is -2.28. The van der Waals surface area contributed by atoms with Crippen LogP contribution < -0.4 is 11.1 Å². The van der Waals surface area contributed by atoms with Gasteiger partial charge in [-0.05, 0) is 31.6 Å². The van der Waals surface area contributed by atoms with Crippen LogP contribution in [0, 0.1) is 5.92 Å². The third kappa shape index (κ3) is 2.84. The van der Waals surface area contributed by atoms with E-state index in [0.29, 0.717) is 18.3 Å². The molecule has 2 aliphatic carbocycles. The summed E-state index contributed by atoms with van der Waals surface area (Å²) in [4.78, 5) is 16.2. The summed E-state index contributed by atoms with van der Waals surface area (Å²) in [5, 5.41) is 5.62. The standard InChI is InChI=1S/C12H17N3OS/c13-9(7-1-2-7)5-11(16)15-12-14-10(6-17-12)8-3-4-8/h6-9H,1-5,13H2,(H,14,15,16). The molecule has 2 aliphatic rings. The molecule has 1 atom stereocenters. The zero-order valence-electron chi connectivity index (χ0n) is 9.69. The molecule has 0 spiro atoms. The second-order valence-corrected chi connectivity index (χ2v) is 5.96. The molecule has 3 rings (SSSR count). The van der Waals surface area contributed by atoms with E-state index in [1.54, 1.807) is 0 Å². The van der Waals surface area contributed by atoms with Crippen molar-refractivity contribution in [1.82, 2.24) is 4.98 Å². The summed E-state index contributed by atoms with van der Waals surface area (Å²) >= 11 is 1.51. The lowest BCUT2D eigenvalue weighted by molar-refractivity contribution is -0.116. The van der Waals surface area contributed by atoms with E-state index in [1.807, 2.05) is 5.38 Å². The van der Waals surface area contributed by atoms with Crippen molar-refractivity contribution >= 4 is 22.4 Å². The van der Waals surface area contributed by atoms with Crippen LogP contribution in [0.15, 0.2) is 5.38 Å². The number of nitrogens with zero attached hydrogens (tertiary/aromatic N) is 1. The van der Waals surface area contributed by atoms with E-state index in [9.17, 15) is 4.79 Å². The molecule has 5 heteroatoms. The van der Waals surface area contributed by atoms with Crippen molar-refractivity contribution in [1.29, 1.82) is 0 Å². The Labute approximate surface area is 105 Å². The first-order chi connectivity index (χ1) is 8.22. The molecule has 2 saturated carbocycles. The summed E-state index contributed by atoms with van der Waals surface area (Å²) < 4.78 is 0. The number of hydrogen-bond donors (Lipinski definition) is 2. The molecule has 92 valence electrons. The molecule has 0 saturated heterocycles. The third-order valence-electron chi connectivity index (χ3n) is 3.41. The SMILES string of the molecule is NC(CC(=O)Nc1nc(C2CC2)cs1)C1CC1. The molecule has 2 fully saturated rings. The van der Waals surface area contributed by atoms with E-state index >= 15 is 0 Å². The Balaban J connectivity index is 1.52. The van der Waals surface area contributed by atoms with Gasteiger partial charge in [0.1, 0.15) is 0 Å². The van der Waals surface area contributed by atoms with E-state index in [-0.39, 0.29) is 11.9 Å². The number of thiazole rings is 1. The molecule has 1 heterocycles. The number of nitrogens with one attached hydrogen (secondary N) is 1. The van der Waals surface area contributed by atoms with Crippen molar-refractivity contribution in [2.45, 2.75) is 44.1 Å². The van der Waals surface area contributed by atoms with Crippen LogP contribution in [0.4, 0.5) is 5.13 Å². The smallest absolute Gasteiger partial charge is 0.227 e. The molecular weight excluding hydrogens is 234 g/mol. The van der Waals surface area contributed by atoms with Gasteiger partial charge < -0.3 is 11.1 Å². The Bertz CT molecular complexity index is 423. The second-order valence-electron chi connectivity index (χ2n) is 5.11. The van der Waals surface area contributed by atoms with Crippen LogP contribution in [0.1, 0.15) is 43.7 Å². The normalized spacial score (nSPS) is 21.2.